The highest BCUT2D eigenvalue weighted by molar-refractivity contribution is 6.35. The molecule has 0 aliphatic heterocycles. The molecule has 0 aliphatic carbocycles. The third kappa shape index (κ3) is 8.97. The molecule has 4 aromatic rings. The molecule has 0 amide bonds. The van der Waals surface area contributed by atoms with Gasteiger partial charge in [-0.25, -0.2) is 0 Å². The van der Waals surface area contributed by atoms with Crippen LogP contribution in [0.1, 0.15) is 52.5 Å². The zero-order valence-electron chi connectivity index (χ0n) is 21.9. The molecule has 212 valence electrons. The minimum absolute atomic E-state index is 0. The van der Waals surface area contributed by atoms with Crippen molar-refractivity contribution in [3.63, 3.8) is 0 Å². The van der Waals surface area contributed by atoms with Crippen LogP contribution in [0.5, 0.6) is 0 Å². The molecule has 2 heterocycles. The van der Waals surface area contributed by atoms with E-state index in [4.69, 9.17) is 56.6 Å². The summed E-state index contributed by atoms with van der Waals surface area (Å²) in [7, 11) is 0. The van der Waals surface area contributed by atoms with Crippen LogP contribution in [0, 0.1) is 27.7 Å². The number of aliphatic hydroxyl groups is 2. The van der Waals surface area contributed by atoms with E-state index in [1.807, 2.05) is 61.3 Å². The molecule has 0 atom stereocenters. The molecular formula is C29H36Cl4N4O2. The van der Waals surface area contributed by atoms with Crippen LogP contribution in [0.3, 0.4) is 0 Å². The number of benzene rings is 2. The van der Waals surface area contributed by atoms with Crippen LogP contribution in [0.25, 0.3) is 0 Å². The molecule has 6 nitrogen and oxygen atoms in total. The number of aromatic nitrogens is 4. The van der Waals surface area contributed by atoms with E-state index in [2.05, 4.69) is 10.2 Å². The van der Waals surface area contributed by atoms with Crippen LogP contribution in [0.15, 0.2) is 36.4 Å². The van der Waals surface area contributed by atoms with Crippen LogP contribution in [-0.4, -0.2) is 43.0 Å². The van der Waals surface area contributed by atoms with Crippen LogP contribution in [-0.2, 0) is 25.9 Å². The fourth-order valence-corrected chi connectivity index (χ4v) is 5.58. The van der Waals surface area contributed by atoms with Gasteiger partial charge in [0.15, 0.2) is 0 Å². The molecule has 2 aromatic carbocycles. The van der Waals surface area contributed by atoms with Crippen molar-refractivity contribution in [2.45, 2.75) is 61.1 Å². The number of hydrogen-bond acceptors (Lipinski definition) is 4. The van der Waals surface area contributed by atoms with Gasteiger partial charge in [-0.2, -0.15) is 10.2 Å². The minimum Gasteiger partial charge on any atom is -0.394 e. The number of aliphatic hydroxyl groups excluding tert-OH is 2. The molecule has 0 saturated carbocycles. The first kappa shape index (κ1) is 33.1. The third-order valence-electron chi connectivity index (χ3n) is 6.29. The summed E-state index contributed by atoms with van der Waals surface area (Å²) in [6, 6.07) is 11.1. The Labute approximate surface area is 251 Å². The minimum atomic E-state index is 0. The quantitative estimate of drug-likeness (QED) is 0.217. The molecule has 2 N–H and O–H groups in total. The Hall–Kier alpha value is -2.06. The Kier molecular flexibility index (Phi) is 12.8. The van der Waals surface area contributed by atoms with E-state index in [0.717, 1.165) is 57.9 Å². The molecule has 0 fully saturated rings. The smallest absolute Gasteiger partial charge is 0.0644 e. The summed E-state index contributed by atoms with van der Waals surface area (Å²) in [6.07, 6.45) is 1.48. The van der Waals surface area contributed by atoms with Gasteiger partial charge in [0, 0.05) is 55.4 Å². The molecule has 0 aliphatic rings. The standard InChI is InChI=1S/2C14H16Cl2N2O.CH4/c2*1-9-14(10(2)18(17-9)3-4-19)7-11-5-12(15)8-13(16)6-11;/h2*5-6,8,19H,3-4,7H2,1-2H3;1H4. The average molecular weight is 614 g/mol. The summed E-state index contributed by atoms with van der Waals surface area (Å²) >= 11 is 24.1. The number of rotatable bonds is 8. The fourth-order valence-electron chi connectivity index (χ4n) is 4.44. The van der Waals surface area contributed by atoms with E-state index in [1.165, 1.54) is 0 Å². The van der Waals surface area contributed by atoms with E-state index >= 15 is 0 Å². The molecule has 0 spiro atoms. The lowest BCUT2D eigenvalue weighted by atomic mass is 10.0. The lowest BCUT2D eigenvalue weighted by Gasteiger charge is -2.05. The summed E-state index contributed by atoms with van der Waals surface area (Å²) in [5.41, 5.74) is 8.53. The number of aryl methyl sites for hydroxylation is 2. The lowest BCUT2D eigenvalue weighted by Crippen LogP contribution is -2.06. The summed E-state index contributed by atoms with van der Waals surface area (Å²) in [5.74, 6) is 0. The third-order valence-corrected chi connectivity index (χ3v) is 7.17. The van der Waals surface area contributed by atoms with Crippen molar-refractivity contribution in [1.82, 2.24) is 19.6 Å². The van der Waals surface area contributed by atoms with E-state index < -0.39 is 0 Å². The Morgan fingerprint density at radius 1 is 0.590 bits per heavy atom. The topological polar surface area (TPSA) is 76.1 Å². The Balaban J connectivity index is 0.000000267. The second kappa shape index (κ2) is 15.1. The van der Waals surface area contributed by atoms with Gasteiger partial charge in [0.05, 0.1) is 37.7 Å². The van der Waals surface area contributed by atoms with Crippen LogP contribution in [0.4, 0.5) is 0 Å². The zero-order valence-corrected chi connectivity index (χ0v) is 24.9. The van der Waals surface area contributed by atoms with Crippen molar-refractivity contribution in [3.8, 4) is 0 Å². The van der Waals surface area contributed by atoms with Crippen molar-refractivity contribution in [2.75, 3.05) is 13.2 Å². The van der Waals surface area contributed by atoms with Gasteiger partial charge < -0.3 is 10.2 Å². The van der Waals surface area contributed by atoms with Gasteiger partial charge in [-0.15, -0.1) is 0 Å². The van der Waals surface area contributed by atoms with E-state index in [1.54, 1.807) is 12.1 Å². The normalized spacial score (nSPS) is 10.7. The highest BCUT2D eigenvalue weighted by atomic mass is 35.5. The van der Waals surface area contributed by atoms with Crippen molar-refractivity contribution < 1.29 is 10.2 Å². The first-order valence-electron chi connectivity index (χ1n) is 12.2. The number of hydrogen-bond donors (Lipinski definition) is 2. The van der Waals surface area contributed by atoms with Crippen molar-refractivity contribution in [1.29, 1.82) is 0 Å². The molecule has 0 unspecified atom stereocenters. The summed E-state index contributed by atoms with van der Waals surface area (Å²) < 4.78 is 3.66. The largest absolute Gasteiger partial charge is 0.394 e. The second-order valence-electron chi connectivity index (χ2n) is 9.10. The summed E-state index contributed by atoms with van der Waals surface area (Å²) in [6.45, 7) is 9.18. The predicted molar refractivity (Wildman–Crippen MR) is 163 cm³/mol. The van der Waals surface area contributed by atoms with E-state index in [0.29, 0.717) is 33.2 Å². The maximum atomic E-state index is 9.01. The van der Waals surface area contributed by atoms with E-state index in [9.17, 15) is 0 Å². The molecule has 4 rings (SSSR count). The summed E-state index contributed by atoms with van der Waals surface area (Å²) in [4.78, 5) is 0. The monoisotopic (exact) mass is 612 g/mol. The Morgan fingerprint density at radius 2 is 0.897 bits per heavy atom. The van der Waals surface area contributed by atoms with Gasteiger partial charge in [-0.1, -0.05) is 53.8 Å². The first-order valence-corrected chi connectivity index (χ1v) is 13.7. The van der Waals surface area contributed by atoms with E-state index in [-0.39, 0.29) is 20.6 Å². The highest BCUT2D eigenvalue weighted by Gasteiger charge is 2.13. The molecule has 10 heteroatoms. The van der Waals surface area contributed by atoms with Crippen LogP contribution < -0.4 is 0 Å². The maximum Gasteiger partial charge on any atom is 0.0644 e. The molecule has 2 aromatic heterocycles. The van der Waals surface area contributed by atoms with Gasteiger partial charge in [0.1, 0.15) is 0 Å². The second-order valence-corrected chi connectivity index (χ2v) is 10.8. The van der Waals surface area contributed by atoms with Gasteiger partial charge in [-0.3, -0.25) is 9.36 Å². The molecule has 0 radical (unpaired) electrons. The molecule has 0 bridgehead atoms. The van der Waals surface area contributed by atoms with Crippen LogP contribution >= 0.6 is 46.4 Å². The van der Waals surface area contributed by atoms with Crippen LogP contribution in [0.2, 0.25) is 20.1 Å². The highest BCUT2D eigenvalue weighted by Crippen LogP contribution is 2.25. The molecule has 0 saturated heterocycles. The van der Waals surface area contributed by atoms with Crippen molar-refractivity contribution >= 4 is 46.4 Å². The first-order chi connectivity index (χ1) is 18.0. The SMILES string of the molecule is C.Cc1nn(CCO)c(C)c1Cc1cc(Cl)cc(Cl)c1.Cc1nn(CCO)c(C)c1Cc1cc(Cl)cc(Cl)c1. The van der Waals surface area contributed by atoms with Gasteiger partial charge in [0.25, 0.3) is 0 Å². The Morgan fingerprint density at radius 3 is 1.18 bits per heavy atom. The molecule has 39 heavy (non-hydrogen) atoms. The van der Waals surface area contributed by atoms with Gasteiger partial charge in [0.2, 0.25) is 0 Å². The predicted octanol–water partition coefficient (Wildman–Crippen LogP) is 7.42. The zero-order chi connectivity index (χ0) is 28.0. The maximum absolute atomic E-state index is 9.01. The van der Waals surface area contributed by atoms with Gasteiger partial charge >= 0.3 is 0 Å². The van der Waals surface area contributed by atoms with Crippen molar-refractivity contribution in [2.24, 2.45) is 0 Å². The summed E-state index contributed by atoms with van der Waals surface area (Å²) in [5, 5.41) is 29.4. The number of nitrogens with zero attached hydrogens (tertiary/aromatic N) is 4. The van der Waals surface area contributed by atoms with Crippen molar-refractivity contribution in [3.05, 3.63) is 102 Å². The fraction of sp³-hybridized carbons (Fsp3) is 0.379. The average Bonchev–Trinajstić information content (AvgIpc) is 3.23. The van der Waals surface area contributed by atoms with Gasteiger partial charge in [-0.05, 0) is 75.2 Å². The Bertz CT molecular complexity index is 1250. The lowest BCUT2D eigenvalue weighted by molar-refractivity contribution is 0.267. The molecular weight excluding hydrogens is 578 g/mol. The number of halogens is 4.